The molecule has 0 saturated carbocycles. The minimum Gasteiger partial charge on any atom is -0.481 e. The minimum atomic E-state index is -1.50. The van der Waals surface area contributed by atoms with Crippen molar-refractivity contribution in [3.63, 3.8) is 0 Å². The van der Waals surface area contributed by atoms with Crippen LogP contribution in [0.25, 0.3) is 0 Å². The summed E-state index contributed by atoms with van der Waals surface area (Å²) in [6, 6.07) is 3.73. The van der Waals surface area contributed by atoms with Gasteiger partial charge in [0, 0.05) is 6.42 Å². The van der Waals surface area contributed by atoms with Crippen LogP contribution in [0.2, 0.25) is 0 Å². The zero-order valence-corrected chi connectivity index (χ0v) is 26.1. The van der Waals surface area contributed by atoms with Crippen molar-refractivity contribution in [1.82, 2.24) is 36.4 Å². The van der Waals surface area contributed by atoms with Gasteiger partial charge in [0.1, 0.15) is 24.2 Å². The van der Waals surface area contributed by atoms with Gasteiger partial charge in [-0.15, -0.1) is 10.2 Å². The molecule has 14 heteroatoms. The van der Waals surface area contributed by atoms with Crippen LogP contribution in [0.4, 0.5) is 0 Å². The largest absolute Gasteiger partial charge is 0.481 e. The lowest BCUT2D eigenvalue weighted by atomic mass is 10.0. The van der Waals surface area contributed by atoms with Crippen LogP contribution in [0, 0.1) is 5.92 Å². The van der Waals surface area contributed by atoms with Crippen LogP contribution in [-0.2, 0) is 30.4 Å². The molecule has 6 atom stereocenters. The molecule has 1 unspecified atom stereocenters. The molecule has 1 aromatic carbocycles. The highest BCUT2D eigenvalue weighted by Gasteiger charge is 2.40. The number of fused-ring (bicyclic) bond motifs is 3. The van der Waals surface area contributed by atoms with Gasteiger partial charge in [-0.2, -0.15) is 0 Å². The number of carboxylic acids is 1. The second kappa shape index (κ2) is 15.1. The highest BCUT2D eigenvalue weighted by atomic mass is 16.4. The van der Waals surface area contributed by atoms with Gasteiger partial charge in [0.2, 0.25) is 35.4 Å². The summed E-state index contributed by atoms with van der Waals surface area (Å²) in [5, 5.41) is 28.9. The second-order valence-corrected chi connectivity index (χ2v) is 12.1. The highest BCUT2D eigenvalue weighted by Crippen LogP contribution is 2.32. The van der Waals surface area contributed by atoms with Crippen molar-refractivity contribution in [1.29, 1.82) is 0 Å². The van der Waals surface area contributed by atoms with Crippen LogP contribution in [0.1, 0.15) is 89.2 Å². The third-order valence-corrected chi connectivity index (χ3v) is 8.12. The average Bonchev–Trinajstić information content (AvgIpc) is 3.67. The Labute approximate surface area is 262 Å². The number of aliphatic carboxylic acids is 1. The van der Waals surface area contributed by atoms with Crippen LogP contribution in [-0.4, -0.2) is 80.5 Å². The van der Waals surface area contributed by atoms with Crippen molar-refractivity contribution in [2.75, 3.05) is 6.54 Å². The Kier molecular flexibility index (Phi) is 11.3. The Morgan fingerprint density at radius 3 is 2.22 bits per heavy atom. The molecule has 244 valence electrons. The molecule has 5 N–H and O–H groups in total. The van der Waals surface area contributed by atoms with Crippen molar-refractivity contribution in [3.05, 3.63) is 47.7 Å². The van der Waals surface area contributed by atoms with Crippen molar-refractivity contribution in [3.8, 4) is 0 Å². The first-order chi connectivity index (χ1) is 21.5. The number of rotatable bonds is 7. The zero-order chi connectivity index (χ0) is 32.7. The minimum absolute atomic E-state index is 0.0130. The fraction of sp³-hybridized carbons (Fsp3) is 0.581. The van der Waals surface area contributed by atoms with Crippen molar-refractivity contribution in [2.24, 2.45) is 5.92 Å². The summed E-state index contributed by atoms with van der Waals surface area (Å²) >= 11 is 0. The summed E-state index contributed by atoms with van der Waals surface area (Å²) in [6.07, 6.45) is 1.46. The number of hydrogen-bond acceptors (Lipinski definition) is 9. The van der Waals surface area contributed by atoms with E-state index in [4.69, 9.17) is 4.42 Å². The van der Waals surface area contributed by atoms with Crippen molar-refractivity contribution in [2.45, 2.75) is 102 Å². The molecule has 1 fully saturated rings. The van der Waals surface area contributed by atoms with E-state index >= 15 is 0 Å². The van der Waals surface area contributed by atoms with E-state index in [1.165, 1.54) is 0 Å². The molecule has 45 heavy (non-hydrogen) atoms. The Bertz CT molecular complexity index is 1370. The standard InChI is InChI=1S/C31H43N7O7/c1-5-23-31-37-36-30(45-31)18(4)32-26(41)20(14-17(2)3)33-28(43)22(16-25(39)40)34-27(42)21(15-19-10-7-6-8-11-19)35-29(44)24-12-9-13-38(23)24/h6-8,10-11,17-18,20-24H,5,9,12-16H2,1-4H3,(H,32,41)(H,33,43)(H,34,42)(H,35,44)(H,39,40)/t18-,20+,21-,22+,23?,24-/m0/s1. The van der Waals surface area contributed by atoms with Crippen molar-refractivity contribution >= 4 is 29.6 Å². The fourth-order valence-electron chi connectivity index (χ4n) is 5.88. The SMILES string of the molecule is CCC1c2nnc(o2)[C@H](C)NC(=O)[C@@H](CC(C)C)NC(=O)[C@@H](CC(=O)O)NC(=O)[C@H](Cc2ccccc2)NC(=O)[C@@H]2CCCN12. The maximum absolute atomic E-state index is 13.8. The second-order valence-electron chi connectivity index (χ2n) is 12.1. The topological polar surface area (TPSA) is 196 Å². The van der Waals surface area contributed by atoms with E-state index in [1.54, 1.807) is 19.1 Å². The molecular weight excluding hydrogens is 582 g/mol. The molecule has 4 rings (SSSR count). The fourth-order valence-corrected chi connectivity index (χ4v) is 5.88. The monoisotopic (exact) mass is 625 g/mol. The van der Waals surface area contributed by atoms with Gasteiger partial charge in [0.05, 0.1) is 18.5 Å². The predicted octanol–water partition coefficient (Wildman–Crippen LogP) is 1.39. The van der Waals surface area contributed by atoms with E-state index in [9.17, 15) is 29.1 Å². The molecule has 1 saturated heterocycles. The zero-order valence-electron chi connectivity index (χ0n) is 26.1. The smallest absolute Gasteiger partial charge is 0.305 e. The molecule has 0 spiro atoms. The highest BCUT2D eigenvalue weighted by molar-refractivity contribution is 5.96. The lowest BCUT2D eigenvalue weighted by molar-refractivity contribution is -0.141. The molecule has 2 aromatic rings. The number of amides is 4. The van der Waals surface area contributed by atoms with Gasteiger partial charge in [0.25, 0.3) is 0 Å². The number of benzene rings is 1. The number of hydrogen-bond donors (Lipinski definition) is 5. The number of carboxylic acid groups (broad SMARTS) is 1. The van der Waals surface area contributed by atoms with Crippen LogP contribution in [0.3, 0.4) is 0 Å². The van der Waals surface area contributed by atoms with E-state index in [-0.39, 0.29) is 36.6 Å². The van der Waals surface area contributed by atoms with Crippen LogP contribution >= 0.6 is 0 Å². The quantitative estimate of drug-likeness (QED) is 0.300. The average molecular weight is 626 g/mol. The molecule has 2 bridgehead atoms. The number of nitrogens with one attached hydrogen (secondary N) is 4. The summed E-state index contributed by atoms with van der Waals surface area (Å²) in [7, 11) is 0. The van der Waals surface area contributed by atoms with Gasteiger partial charge in [-0.25, -0.2) is 0 Å². The van der Waals surface area contributed by atoms with Gasteiger partial charge in [-0.3, -0.25) is 28.9 Å². The van der Waals surface area contributed by atoms with Gasteiger partial charge in [-0.05, 0) is 50.6 Å². The summed E-state index contributed by atoms with van der Waals surface area (Å²) in [5.41, 5.74) is 0.759. The van der Waals surface area contributed by atoms with Gasteiger partial charge >= 0.3 is 5.97 Å². The van der Waals surface area contributed by atoms with E-state index in [0.29, 0.717) is 25.3 Å². The molecular formula is C31H43N7O7. The van der Waals surface area contributed by atoms with Crippen molar-refractivity contribution < 1.29 is 33.5 Å². The maximum Gasteiger partial charge on any atom is 0.305 e. The molecule has 2 aliphatic heterocycles. The van der Waals surface area contributed by atoms with Gasteiger partial charge in [0.15, 0.2) is 0 Å². The first-order valence-corrected chi connectivity index (χ1v) is 15.5. The first kappa shape index (κ1) is 33.6. The number of carbonyl (C=O) groups excluding carboxylic acids is 4. The number of nitrogens with zero attached hydrogens (tertiary/aromatic N) is 3. The molecule has 1 aromatic heterocycles. The number of carbonyl (C=O) groups is 5. The lowest BCUT2D eigenvalue weighted by Gasteiger charge is -2.31. The Morgan fingerprint density at radius 1 is 0.933 bits per heavy atom. The molecule has 0 radical (unpaired) electrons. The van der Waals surface area contributed by atoms with Crippen LogP contribution in [0.15, 0.2) is 34.7 Å². The van der Waals surface area contributed by atoms with E-state index in [0.717, 1.165) is 12.0 Å². The van der Waals surface area contributed by atoms with Crippen LogP contribution < -0.4 is 21.3 Å². The Hall–Kier alpha value is -4.33. The third-order valence-electron chi connectivity index (χ3n) is 8.12. The van der Waals surface area contributed by atoms with Crippen LogP contribution in [0.5, 0.6) is 0 Å². The summed E-state index contributed by atoms with van der Waals surface area (Å²) in [5.74, 6) is -3.29. The maximum atomic E-state index is 13.8. The van der Waals surface area contributed by atoms with E-state index in [2.05, 4.69) is 31.5 Å². The third kappa shape index (κ3) is 8.65. The summed E-state index contributed by atoms with van der Waals surface area (Å²) in [6.45, 7) is 7.97. The predicted molar refractivity (Wildman–Crippen MR) is 161 cm³/mol. The summed E-state index contributed by atoms with van der Waals surface area (Å²) < 4.78 is 6.03. The Morgan fingerprint density at radius 2 is 1.56 bits per heavy atom. The Balaban J connectivity index is 1.74. The molecule has 0 aliphatic carbocycles. The normalized spacial score (nSPS) is 27.0. The van der Waals surface area contributed by atoms with Gasteiger partial charge in [-0.1, -0.05) is 51.1 Å². The number of aromatic nitrogens is 2. The van der Waals surface area contributed by atoms with Gasteiger partial charge < -0.3 is 30.8 Å². The molecule has 2 aliphatic rings. The lowest BCUT2D eigenvalue weighted by Crippen LogP contribution is -2.59. The van der Waals surface area contributed by atoms with E-state index in [1.807, 2.05) is 43.9 Å². The van der Waals surface area contributed by atoms with E-state index < -0.39 is 60.3 Å². The molecule has 3 heterocycles. The first-order valence-electron chi connectivity index (χ1n) is 15.5. The summed E-state index contributed by atoms with van der Waals surface area (Å²) in [4.78, 5) is 68.1. The molecule has 4 amide bonds. The molecule has 14 nitrogen and oxygen atoms in total.